The number of benzene rings is 2. The number of aromatic nitrogens is 2. The van der Waals surface area contributed by atoms with E-state index in [1.54, 1.807) is 41.0 Å². The van der Waals surface area contributed by atoms with Gasteiger partial charge in [-0.1, -0.05) is 29.3 Å². The quantitative estimate of drug-likeness (QED) is 0.457. The highest BCUT2D eigenvalue weighted by Gasteiger charge is 2.18. The highest BCUT2D eigenvalue weighted by molar-refractivity contribution is 6.31. The van der Waals surface area contributed by atoms with Crippen molar-refractivity contribution in [3.8, 4) is 0 Å². The second-order valence-corrected chi connectivity index (χ2v) is 8.00. The van der Waals surface area contributed by atoms with Crippen molar-refractivity contribution in [2.24, 2.45) is 0 Å². The van der Waals surface area contributed by atoms with Gasteiger partial charge in [0.05, 0.1) is 11.1 Å². The van der Waals surface area contributed by atoms with Gasteiger partial charge in [0.25, 0.3) is 0 Å². The van der Waals surface area contributed by atoms with Gasteiger partial charge in [-0.15, -0.1) is 0 Å². The van der Waals surface area contributed by atoms with Crippen LogP contribution in [0.5, 0.6) is 0 Å². The molecule has 32 heavy (non-hydrogen) atoms. The number of carbonyl (C=O) groups excluding carboxylic acids is 2. The number of pyridine rings is 2. The van der Waals surface area contributed by atoms with E-state index in [0.717, 1.165) is 11.1 Å². The maximum atomic E-state index is 13.1. The Morgan fingerprint density at radius 2 is 1.78 bits per heavy atom. The fourth-order valence-electron chi connectivity index (χ4n) is 3.49. The average Bonchev–Trinajstić information content (AvgIpc) is 2.78. The van der Waals surface area contributed by atoms with Crippen LogP contribution in [0.4, 0.5) is 5.69 Å². The average molecular weight is 446 g/mol. The van der Waals surface area contributed by atoms with Crippen molar-refractivity contribution in [3.63, 3.8) is 0 Å². The molecule has 0 unspecified atom stereocenters. The van der Waals surface area contributed by atoms with Crippen LogP contribution in [-0.4, -0.2) is 21.2 Å². The van der Waals surface area contributed by atoms with Crippen molar-refractivity contribution >= 4 is 39.9 Å². The number of carbonyl (C=O) groups is 2. The molecule has 160 valence electrons. The van der Waals surface area contributed by atoms with Gasteiger partial charge in [0, 0.05) is 40.3 Å². The van der Waals surface area contributed by atoms with E-state index in [-0.39, 0.29) is 23.4 Å². The van der Waals surface area contributed by atoms with Gasteiger partial charge in [-0.3, -0.25) is 19.4 Å². The highest BCUT2D eigenvalue weighted by atomic mass is 35.5. The number of halogens is 1. The summed E-state index contributed by atoms with van der Waals surface area (Å²) < 4.78 is 1.62. The first kappa shape index (κ1) is 21.5. The maximum absolute atomic E-state index is 13.1. The van der Waals surface area contributed by atoms with E-state index in [0.29, 0.717) is 27.2 Å². The van der Waals surface area contributed by atoms with Gasteiger partial charge < -0.3 is 9.88 Å². The Hall–Kier alpha value is -3.77. The third-order valence-corrected chi connectivity index (χ3v) is 5.60. The van der Waals surface area contributed by atoms with Gasteiger partial charge in [0.15, 0.2) is 5.78 Å². The van der Waals surface area contributed by atoms with Gasteiger partial charge in [-0.2, -0.15) is 0 Å². The zero-order valence-corrected chi connectivity index (χ0v) is 18.3. The van der Waals surface area contributed by atoms with Crippen LogP contribution in [-0.2, 0) is 11.3 Å². The molecule has 0 saturated heterocycles. The smallest absolute Gasteiger partial charge is 0.244 e. The van der Waals surface area contributed by atoms with Crippen LogP contribution in [0.3, 0.4) is 0 Å². The molecule has 0 aliphatic carbocycles. The number of ketones is 1. The normalized spacial score (nSPS) is 10.8. The number of hydrogen-bond acceptors (Lipinski definition) is 4. The lowest BCUT2D eigenvalue weighted by Gasteiger charge is -2.14. The van der Waals surface area contributed by atoms with E-state index in [1.165, 1.54) is 18.6 Å². The van der Waals surface area contributed by atoms with E-state index in [4.69, 9.17) is 11.6 Å². The zero-order valence-electron chi connectivity index (χ0n) is 17.6. The minimum Gasteiger partial charge on any atom is -0.337 e. The van der Waals surface area contributed by atoms with Crippen LogP contribution in [0.25, 0.3) is 10.9 Å². The van der Waals surface area contributed by atoms with Crippen LogP contribution in [0.2, 0.25) is 5.02 Å². The third-order valence-electron chi connectivity index (χ3n) is 5.19. The molecule has 0 aliphatic heterocycles. The summed E-state index contributed by atoms with van der Waals surface area (Å²) in [5.41, 5.74) is 2.92. The Morgan fingerprint density at radius 3 is 2.50 bits per heavy atom. The first-order valence-corrected chi connectivity index (χ1v) is 10.4. The number of rotatable bonds is 5. The molecule has 2 aromatic carbocycles. The summed E-state index contributed by atoms with van der Waals surface area (Å²) in [4.78, 5) is 42.9. The Bertz CT molecular complexity index is 1410. The summed E-state index contributed by atoms with van der Waals surface area (Å²) in [6.45, 7) is 3.67. The molecule has 2 aromatic heterocycles. The number of hydrogen-bond donors (Lipinski definition) is 1. The fraction of sp³-hybridized carbons (Fsp3) is 0.120. The molecule has 7 heteroatoms. The summed E-state index contributed by atoms with van der Waals surface area (Å²) in [7, 11) is 0. The summed E-state index contributed by atoms with van der Waals surface area (Å²) in [5.74, 6) is -0.724. The molecular weight excluding hydrogens is 426 g/mol. The lowest BCUT2D eigenvalue weighted by atomic mass is 10.0. The van der Waals surface area contributed by atoms with Gasteiger partial charge >= 0.3 is 0 Å². The van der Waals surface area contributed by atoms with Gasteiger partial charge in [-0.25, -0.2) is 0 Å². The number of fused-ring (bicyclic) bond motifs is 1. The van der Waals surface area contributed by atoms with Gasteiger partial charge in [-0.05, 0) is 55.8 Å². The summed E-state index contributed by atoms with van der Waals surface area (Å²) in [6.07, 6.45) is 4.44. The summed E-state index contributed by atoms with van der Waals surface area (Å²) >= 11 is 6.15. The molecule has 0 fully saturated rings. The molecule has 2 heterocycles. The van der Waals surface area contributed by atoms with E-state index in [9.17, 15) is 14.4 Å². The minimum absolute atomic E-state index is 0.000445. The molecule has 0 aliphatic rings. The maximum Gasteiger partial charge on any atom is 0.244 e. The molecule has 0 radical (unpaired) electrons. The summed E-state index contributed by atoms with van der Waals surface area (Å²) in [5, 5.41) is 3.75. The van der Waals surface area contributed by atoms with E-state index >= 15 is 0 Å². The predicted octanol–water partition coefficient (Wildman–Crippen LogP) is 4.54. The number of anilines is 1. The first-order chi connectivity index (χ1) is 15.3. The molecular formula is C25H20ClN3O3. The highest BCUT2D eigenvalue weighted by Crippen LogP contribution is 2.21. The molecule has 0 atom stereocenters. The SMILES string of the molecule is Cc1ccc2c(c1)c(=O)c(C(=O)c1ccncc1)cn2CC(=O)Nc1ccc(C)c(Cl)c1. The van der Waals surface area contributed by atoms with Crippen molar-refractivity contribution < 1.29 is 9.59 Å². The number of nitrogens with one attached hydrogen (secondary N) is 1. The molecule has 1 N–H and O–H groups in total. The lowest BCUT2D eigenvalue weighted by molar-refractivity contribution is -0.116. The van der Waals surface area contributed by atoms with Gasteiger partial charge in [0.1, 0.15) is 6.54 Å². The van der Waals surface area contributed by atoms with Crippen molar-refractivity contribution in [1.82, 2.24) is 9.55 Å². The van der Waals surface area contributed by atoms with Crippen molar-refractivity contribution in [2.45, 2.75) is 20.4 Å². The minimum atomic E-state index is -0.416. The topological polar surface area (TPSA) is 81.1 Å². The molecule has 1 amide bonds. The lowest BCUT2D eigenvalue weighted by Crippen LogP contribution is -2.24. The molecule has 0 bridgehead atoms. The number of nitrogens with zero attached hydrogens (tertiary/aromatic N) is 2. The van der Waals surface area contributed by atoms with Crippen molar-refractivity contribution in [1.29, 1.82) is 0 Å². The zero-order chi connectivity index (χ0) is 22.8. The van der Waals surface area contributed by atoms with Crippen LogP contribution >= 0.6 is 11.6 Å². The summed E-state index contributed by atoms with van der Waals surface area (Å²) in [6, 6.07) is 13.8. The molecule has 4 rings (SSSR count). The first-order valence-electron chi connectivity index (χ1n) is 9.98. The van der Waals surface area contributed by atoms with Crippen LogP contribution in [0.15, 0.2) is 71.9 Å². The van der Waals surface area contributed by atoms with E-state index < -0.39 is 5.78 Å². The Labute approximate surface area is 189 Å². The molecule has 0 spiro atoms. The molecule has 0 saturated carbocycles. The van der Waals surface area contributed by atoms with Crippen LogP contribution < -0.4 is 10.7 Å². The second-order valence-electron chi connectivity index (χ2n) is 7.60. The van der Waals surface area contributed by atoms with Gasteiger partial charge in [0.2, 0.25) is 11.3 Å². The Balaban J connectivity index is 1.75. The third kappa shape index (κ3) is 4.31. The Morgan fingerprint density at radius 1 is 1.03 bits per heavy atom. The van der Waals surface area contributed by atoms with E-state index in [1.807, 2.05) is 26.0 Å². The largest absolute Gasteiger partial charge is 0.337 e. The van der Waals surface area contributed by atoms with Crippen LogP contribution in [0.1, 0.15) is 27.0 Å². The standard InChI is InChI=1S/C25H20ClN3O3/c1-15-3-6-22-19(11-15)25(32)20(24(31)17-7-9-27-10-8-17)13-29(22)14-23(30)28-18-5-4-16(2)21(26)12-18/h3-13H,14H2,1-2H3,(H,28,30). The van der Waals surface area contributed by atoms with Crippen molar-refractivity contribution in [3.05, 3.63) is 105 Å². The molecule has 6 nitrogen and oxygen atoms in total. The number of amides is 1. The predicted molar refractivity (Wildman–Crippen MR) is 125 cm³/mol. The van der Waals surface area contributed by atoms with E-state index in [2.05, 4.69) is 10.3 Å². The van der Waals surface area contributed by atoms with Crippen LogP contribution in [0, 0.1) is 13.8 Å². The van der Waals surface area contributed by atoms with Crippen molar-refractivity contribution in [2.75, 3.05) is 5.32 Å². The second kappa shape index (κ2) is 8.77. The Kier molecular flexibility index (Phi) is 5.88. The fourth-order valence-corrected chi connectivity index (χ4v) is 3.67. The monoisotopic (exact) mass is 445 g/mol. The molecule has 4 aromatic rings. The number of aryl methyl sites for hydroxylation is 2.